The molecule has 2 aromatic rings. The lowest BCUT2D eigenvalue weighted by Crippen LogP contribution is -2.28. The Morgan fingerprint density at radius 3 is 2.66 bits per heavy atom. The summed E-state index contributed by atoms with van der Waals surface area (Å²) in [6.45, 7) is 2.11. The highest BCUT2D eigenvalue weighted by atomic mass is 35.5. The first-order valence-corrected chi connectivity index (χ1v) is 12.1. The molecule has 0 aliphatic heterocycles. The van der Waals surface area contributed by atoms with Crippen molar-refractivity contribution < 1.29 is 14.3 Å². The molecule has 0 heterocycles. The first-order chi connectivity index (χ1) is 15.5. The number of halogens is 1. The Morgan fingerprint density at radius 2 is 1.91 bits per heavy atom. The predicted molar refractivity (Wildman–Crippen MR) is 129 cm³/mol. The van der Waals surface area contributed by atoms with Crippen molar-refractivity contribution in [3.05, 3.63) is 58.1 Å². The molecule has 2 aliphatic rings. The van der Waals surface area contributed by atoms with Crippen molar-refractivity contribution in [2.24, 2.45) is 17.8 Å². The van der Waals surface area contributed by atoms with Gasteiger partial charge >= 0.3 is 0 Å². The van der Waals surface area contributed by atoms with Gasteiger partial charge in [0.2, 0.25) is 5.91 Å². The van der Waals surface area contributed by atoms with Crippen LogP contribution in [0.4, 0.5) is 5.69 Å². The molecule has 5 heteroatoms. The third-order valence-corrected chi connectivity index (χ3v) is 7.59. The average Bonchev–Trinajstić information content (AvgIpc) is 2.95. The van der Waals surface area contributed by atoms with Gasteiger partial charge in [-0.2, -0.15) is 0 Å². The van der Waals surface area contributed by atoms with Crippen molar-refractivity contribution in [1.82, 2.24) is 0 Å². The molecule has 1 saturated carbocycles. The average molecular weight is 454 g/mol. The Morgan fingerprint density at radius 1 is 1.12 bits per heavy atom. The maximum Gasteiger partial charge on any atom is 0.227 e. The van der Waals surface area contributed by atoms with Crippen molar-refractivity contribution in [2.45, 2.75) is 58.3 Å². The van der Waals surface area contributed by atoms with E-state index < -0.39 is 0 Å². The molecule has 0 saturated heterocycles. The number of Topliss-reactive ketones (excluding diaryl/α,β-unsaturated/α-hetero) is 1. The summed E-state index contributed by atoms with van der Waals surface area (Å²) in [6.07, 6.45) is 7.78. The molecule has 2 aromatic carbocycles. The zero-order chi connectivity index (χ0) is 22.7. The summed E-state index contributed by atoms with van der Waals surface area (Å²) in [4.78, 5) is 26.0. The summed E-state index contributed by atoms with van der Waals surface area (Å²) < 4.78 is 5.23. The Balaban J connectivity index is 1.32. The molecule has 1 amide bonds. The second-order valence-electron chi connectivity index (χ2n) is 9.35. The van der Waals surface area contributed by atoms with E-state index in [0.29, 0.717) is 28.2 Å². The van der Waals surface area contributed by atoms with Crippen LogP contribution in [0.15, 0.2) is 36.4 Å². The van der Waals surface area contributed by atoms with Gasteiger partial charge in [0.05, 0.1) is 12.1 Å². The van der Waals surface area contributed by atoms with Crippen LogP contribution in [0.5, 0.6) is 5.75 Å². The van der Waals surface area contributed by atoms with E-state index in [0.717, 1.165) is 56.9 Å². The number of aryl methyl sites for hydroxylation is 1. The molecule has 32 heavy (non-hydrogen) atoms. The molecule has 2 aliphatic carbocycles. The molecule has 4 rings (SSSR count). The van der Waals surface area contributed by atoms with Crippen molar-refractivity contribution in [3.8, 4) is 5.75 Å². The van der Waals surface area contributed by atoms with E-state index in [2.05, 4.69) is 18.3 Å². The number of methoxy groups -OCH3 is 1. The fraction of sp³-hybridized carbons (Fsp3) is 0.481. The SMILES string of the molecule is COc1cc(NC(=O)C2CCC(CC3CCCc4c(C)cccc4C3=O)CC2)ccc1Cl. The summed E-state index contributed by atoms with van der Waals surface area (Å²) in [5.41, 5.74) is 4.14. The van der Waals surface area contributed by atoms with Crippen LogP contribution in [0.2, 0.25) is 5.02 Å². The minimum Gasteiger partial charge on any atom is -0.495 e. The van der Waals surface area contributed by atoms with Gasteiger partial charge < -0.3 is 10.1 Å². The van der Waals surface area contributed by atoms with Crippen LogP contribution >= 0.6 is 11.6 Å². The zero-order valence-corrected chi connectivity index (χ0v) is 19.7. The second kappa shape index (κ2) is 10.1. The van der Waals surface area contributed by atoms with E-state index in [1.165, 1.54) is 11.1 Å². The number of anilines is 1. The summed E-state index contributed by atoms with van der Waals surface area (Å²) in [5.74, 6) is 1.60. The van der Waals surface area contributed by atoms with Gasteiger partial charge in [0.1, 0.15) is 5.75 Å². The summed E-state index contributed by atoms with van der Waals surface area (Å²) in [7, 11) is 1.56. The summed E-state index contributed by atoms with van der Waals surface area (Å²) in [6, 6.07) is 11.4. The highest BCUT2D eigenvalue weighted by Gasteiger charge is 2.32. The molecule has 0 spiro atoms. The number of ether oxygens (including phenoxy) is 1. The van der Waals surface area contributed by atoms with E-state index >= 15 is 0 Å². The molecule has 1 unspecified atom stereocenters. The number of ketones is 1. The molecule has 1 N–H and O–H groups in total. The molecule has 0 bridgehead atoms. The standard InChI is InChI=1S/C27H32ClNO3/c1-17-5-3-8-23-22(17)7-4-6-20(26(23)30)15-18-9-11-19(12-10-18)27(31)29-21-13-14-24(28)25(16-21)32-2/h3,5,8,13-14,16,18-20H,4,6-7,9-12,15H2,1-2H3,(H,29,31). The maximum atomic E-state index is 13.2. The Hall–Kier alpha value is -2.33. The lowest BCUT2D eigenvalue weighted by Gasteiger charge is -2.30. The van der Waals surface area contributed by atoms with Crippen molar-refractivity contribution in [3.63, 3.8) is 0 Å². The quantitative estimate of drug-likeness (QED) is 0.517. The van der Waals surface area contributed by atoms with Crippen LogP contribution in [0.25, 0.3) is 0 Å². The van der Waals surface area contributed by atoms with E-state index in [9.17, 15) is 9.59 Å². The Labute approximate surface area is 195 Å². The van der Waals surface area contributed by atoms with Crippen molar-refractivity contribution in [1.29, 1.82) is 0 Å². The summed E-state index contributed by atoms with van der Waals surface area (Å²) >= 11 is 6.07. The van der Waals surface area contributed by atoms with Crippen LogP contribution < -0.4 is 10.1 Å². The number of nitrogens with one attached hydrogen (secondary N) is 1. The minimum atomic E-state index is 0.0149. The van der Waals surface area contributed by atoms with Gasteiger partial charge in [-0.05, 0) is 87.5 Å². The highest BCUT2D eigenvalue weighted by Crippen LogP contribution is 2.37. The van der Waals surface area contributed by atoms with Crippen LogP contribution in [-0.4, -0.2) is 18.8 Å². The predicted octanol–water partition coefficient (Wildman–Crippen LogP) is 6.63. The largest absolute Gasteiger partial charge is 0.495 e. The van der Waals surface area contributed by atoms with Gasteiger partial charge in [-0.1, -0.05) is 29.8 Å². The molecule has 1 fully saturated rings. The number of hydrogen-bond donors (Lipinski definition) is 1. The number of carbonyl (C=O) groups excluding carboxylic acids is 2. The Kier molecular flexibility index (Phi) is 7.20. The molecular formula is C27H32ClNO3. The van der Waals surface area contributed by atoms with Crippen LogP contribution in [-0.2, 0) is 11.2 Å². The molecule has 1 atom stereocenters. The third-order valence-electron chi connectivity index (χ3n) is 7.28. The fourth-order valence-corrected chi connectivity index (χ4v) is 5.61. The number of rotatable bonds is 5. The second-order valence-corrected chi connectivity index (χ2v) is 9.75. The first-order valence-electron chi connectivity index (χ1n) is 11.7. The molecule has 4 nitrogen and oxygen atoms in total. The van der Waals surface area contributed by atoms with Crippen LogP contribution in [0.1, 0.15) is 66.4 Å². The molecule has 170 valence electrons. The van der Waals surface area contributed by atoms with Gasteiger partial charge in [0.15, 0.2) is 5.78 Å². The monoisotopic (exact) mass is 453 g/mol. The minimum absolute atomic E-state index is 0.0149. The maximum absolute atomic E-state index is 13.2. The highest BCUT2D eigenvalue weighted by molar-refractivity contribution is 6.32. The third kappa shape index (κ3) is 5.01. The lowest BCUT2D eigenvalue weighted by molar-refractivity contribution is -0.121. The van der Waals surface area contributed by atoms with E-state index in [-0.39, 0.29) is 17.7 Å². The first kappa shape index (κ1) is 22.8. The molecular weight excluding hydrogens is 422 g/mol. The van der Waals surface area contributed by atoms with Gasteiger partial charge in [-0.3, -0.25) is 9.59 Å². The van der Waals surface area contributed by atoms with Gasteiger partial charge in [-0.15, -0.1) is 0 Å². The van der Waals surface area contributed by atoms with Gasteiger partial charge in [-0.25, -0.2) is 0 Å². The van der Waals surface area contributed by atoms with Gasteiger partial charge in [0, 0.05) is 29.2 Å². The topological polar surface area (TPSA) is 55.4 Å². The number of carbonyl (C=O) groups is 2. The number of hydrogen-bond acceptors (Lipinski definition) is 3. The van der Waals surface area contributed by atoms with Gasteiger partial charge in [0.25, 0.3) is 0 Å². The number of fused-ring (bicyclic) bond motifs is 1. The molecule has 0 aromatic heterocycles. The number of benzene rings is 2. The lowest BCUT2D eigenvalue weighted by atomic mass is 9.76. The van der Waals surface area contributed by atoms with E-state index in [1.807, 2.05) is 12.1 Å². The Bertz CT molecular complexity index is 994. The smallest absolute Gasteiger partial charge is 0.227 e. The summed E-state index contributed by atoms with van der Waals surface area (Å²) in [5, 5.41) is 3.53. The van der Waals surface area contributed by atoms with Crippen LogP contribution in [0.3, 0.4) is 0 Å². The van der Waals surface area contributed by atoms with E-state index in [4.69, 9.17) is 16.3 Å². The number of amides is 1. The van der Waals surface area contributed by atoms with Crippen molar-refractivity contribution >= 4 is 29.0 Å². The molecule has 0 radical (unpaired) electrons. The van der Waals surface area contributed by atoms with E-state index in [1.54, 1.807) is 25.3 Å². The van der Waals surface area contributed by atoms with Crippen molar-refractivity contribution in [2.75, 3.05) is 12.4 Å². The zero-order valence-electron chi connectivity index (χ0n) is 19.0. The van der Waals surface area contributed by atoms with Crippen LogP contribution in [0, 0.1) is 24.7 Å². The fourth-order valence-electron chi connectivity index (χ4n) is 5.41. The normalized spacial score (nSPS) is 23.2.